The van der Waals surface area contributed by atoms with Gasteiger partial charge in [0.05, 0.1) is 19.4 Å². The number of ether oxygens (including phenoxy) is 1. The number of carbonyl (C=O) groups excluding carboxylic acids is 2. The van der Waals surface area contributed by atoms with Gasteiger partial charge in [0.1, 0.15) is 0 Å². The number of amides is 2. The fourth-order valence-corrected chi connectivity index (χ4v) is 1.85. The molecule has 1 aromatic rings. The Bertz CT molecular complexity index is 535. The molecule has 0 unspecified atom stereocenters. The van der Waals surface area contributed by atoms with Gasteiger partial charge in [-0.15, -0.1) is 0 Å². The van der Waals surface area contributed by atoms with Gasteiger partial charge in [0.15, 0.2) is 5.11 Å². The zero-order valence-electron chi connectivity index (χ0n) is 12.8. The van der Waals surface area contributed by atoms with Crippen molar-refractivity contribution in [2.75, 3.05) is 13.2 Å². The number of hydrogen-bond acceptors (Lipinski definition) is 4. The second-order valence-corrected chi connectivity index (χ2v) is 5.01. The van der Waals surface area contributed by atoms with Crippen molar-refractivity contribution < 1.29 is 14.3 Å². The van der Waals surface area contributed by atoms with Crippen LogP contribution in [-0.4, -0.2) is 30.1 Å². The van der Waals surface area contributed by atoms with Crippen LogP contribution in [0.2, 0.25) is 0 Å². The molecule has 0 spiro atoms. The summed E-state index contributed by atoms with van der Waals surface area (Å²) >= 11 is 4.94. The molecule has 0 fully saturated rings. The first-order valence-corrected chi connectivity index (χ1v) is 7.44. The molecular formula is C15H21N3O3S. The fourth-order valence-electron chi connectivity index (χ4n) is 1.68. The van der Waals surface area contributed by atoms with Crippen molar-refractivity contribution >= 4 is 29.1 Å². The molecule has 0 saturated heterocycles. The Hall–Kier alpha value is -1.99. The summed E-state index contributed by atoms with van der Waals surface area (Å²) in [6.07, 6.45) is 0.452. The molecule has 0 aliphatic rings. The zero-order chi connectivity index (χ0) is 16.4. The third-order valence-electron chi connectivity index (χ3n) is 2.86. The van der Waals surface area contributed by atoms with Crippen LogP contribution in [0.15, 0.2) is 24.3 Å². The topological polar surface area (TPSA) is 79.5 Å². The first-order valence-electron chi connectivity index (χ1n) is 7.03. The van der Waals surface area contributed by atoms with Crippen molar-refractivity contribution in [1.29, 1.82) is 0 Å². The summed E-state index contributed by atoms with van der Waals surface area (Å²) in [6, 6.07) is 7.63. The molecule has 0 aliphatic heterocycles. The zero-order valence-corrected chi connectivity index (χ0v) is 13.6. The molecule has 0 saturated carbocycles. The highest BCUT2D eigenvalue weighted by Crippen LogP contribution is 2.07. The quantitative estimate of drug-likeness (QED) is 0.413. The Morgan fingerprint density at radius 1 is 1.18 bits per heavy atom. The van der Waals surface area contributed by atoms with E-state index < -0.39 is 0 Å². The van der Waals surface area contributed by atoms with Gasteiger partial charge < -0.3 is 10.1 Å². The molecule has 0 radical (unpaired) electrons. The van der Waals surface area contributed by atoms with E-state index in [1.807, 2.05) is 38.1 Å². The van der Waals surface area contributed by atoms with Crippen LogP contribution in [0.5, 0.6) is 0 Å². The first kappa shape index (κ1) is 18.1. The van der Waals surface area contributed by atoms with Crippen LogP contribution in [-0.2, 0) is 20.7 Å². The number of benzene rings is 1. The highest BCUT2D eigenvalue weighted by atomic mass is 32.1. The van der Waals surface area contributed by atoms with Gasteiger partial charge in [0, 0.05) is 6.61 Å². The van der Waals surface area contributed by atoms with Crippen LogP contribution in [0, 0.1) is 6.92 Å². The number of nitrogens with one attached hydrogen (secondary N) is 3. The largest absolute Gasteiger partial charge is 0.381 e. The Morgan fingerprint density at radius 2 is 1.91 bits per heavy atom. The Labute approximate surface area is 135 Å². The van der Waals surface area contributed by atoms with Crippen LogP contribution in [0.4, 0.5) is 0 Å². The van der Waals surface area contributed by atoms with E-state index in [0.29, 0.717) is 13.2 Å². The highest BCUT2D eigenvalue weighted by Gasteiger charge is 2.08. The van der Waals surface area contributed by atoms with E-state index in [4.69, 9.17) is 17.0 Å². The Morgan fingerprint density at radius 3 is 2.59 bits per heavy atom. The maximum atomic E-state index is 11.9. The normalized spacial score (nSPS) is 9.91. The molecule has 0 atom stereocenters. The molecule has 2 amide bonds. The summed E-state index contributed by atoms with van der Waals surface area (Å²) in [5.74, 6) is -0.501. The number of rotatable bonds is 6. The van der Waals surface area contributed by atoms with Crippen molar-refractivity contribution in [3.05, 3.63) is 35.4 Å². The van der Waals surface area contributed by atoms with Crippen molar-refractivity contribution in [2.24, 2.45) is 0 Å². The molecule has 0 aromatic heterocycles. The van der Waals surface area contributed by atoms with Crippen molar-refractivity contribution in [2.45, 2.75) is 26.7 Å². The second-order valence-electron chi connectivity index (χ2n) is 4.60. The molecule has 22 heavy (non-hydrogen) atoms. The minimum atomic E-state index is -0.260. The smallest absolute Gasteiger partial charge is 0.240 e. The van der Waals surface area contributed by atoms with Crippen LogP contribution in [0.1, 0.15) is 24.5 Å². The van der Waals surface area contributed by atoms with E-state index >= 15 is 0 Å². The van der Waals surface area contributed by atoms with Crippen LogP contribution in [0.3, 0.4) is 0 Å². The molecule has 1 rings (SSSR count). The minimum absolute atomic E-state index is 0.0587. The molecule has 6 nitrogen and oxygen atoms in total. The van der Waals surface area contributed by atoms with Gasteiger partial charge in [-0.25, -0.2) is 0 Å². The van der Waals surface area contributed by atoms with E-state index in [0.717, 1.165) is 11.1 Å². The SMILES string of the molecule is CCOCCC(=O)NNC(=S)NC(=O)Cc1ccccc1C. The van der Waals surface area contributed by atoms with Crippen molar-refractivity contribution in [3.8, 4) is 0 Å². The van der Waals surface area contributed by atoms with E-state index in [-0.39, 0.29) is 29.8 Å². The maximum Gasteiger partial charge on any atom is 0.240 e. The van der Waals surface area contributed by atoms with Crippen molar-refractivity contribution in [1.82, 2.24) is 16.2 Å². The third kappa shape index (κ3) is 7.14. The maximum absolute atomic E-state index is 11.9. The van der Waals surface area contributed by atoms with Crippen LogP contribution >= 0.6 is 12.2 Å². The van der Waals surface area contributed by atoms with Gasteiger partial charge in [-0.3, -0.25) is 20.4 Å². The van der Waals surface area contributed by atoms with Gasteiger partial charge in [0.2, 0.25) is 11.8 Å². The predicted octanol–water partition coefficient (Wildman–Crippen LogP) is 0.986. The molecule has 0 heterocycles. The van der Waals surface area contributed by atoms with Crippen LogP contribution in [0.25, 0.3) is 0 Å². The molecule has 1 aromatic carbocycles. The highest BCUT2D eigenvalue weighted by molar-refractivity contribution is 7.80. The molecule has 7 heteroatoms. The van der Waals surface area contributed by atoms with Gasteiger partial charge in [0.25, 0.3) is 0 Å². The van der Waals surface area contributed by atoms with E-state index in [2.05, 4.69) is 16.2 Å². The van der Waals surface area contributed by atoms with Crippen LogP contribution < -0.4 is 16.2 Å². The fraction of sp³-hybridized carbons (Fsp3) is 0.400. The lowest BCUT2D eigenvalue weighted by Gasteiger charge is -2.11. The van der Waals surface area contributed by atoms with E-state index in [9.17, 15) is 9.59 Å². The summed E-state index contributed by atoms with van der Waals surface area (Å²) in [5, 5.41) is 2.57. The monoisotopic (exact) mass is 323 g/mol. The molecular weight excluding hydrogens is 302 g/mol. The molecule has 0 bridgehead atoms. The summed E-state index contributed by atoms with van der Waals surface area (Å²) < 4.78 is 5.06. The lowest BCUT2D eigenvalue weighted by molar-refractivity contribution is -0.123. The Balaban J connectivity index is 2.28. The third-order valence-corrected chi connectivity index (χ3v) is 3.06. The number of thiocarbonyl (C=S) groups is 1. The predicted molar refractivity (Wildman–Crippen MR) is 88.0 cm³/mol. The standard InChI is InChI=1S/C15H21N3O3S/c1-3-21-9-8-13(19)17-18-15(22)16-14(20)10-12-7-5-4-6-11(12)2/h4-7H,3,8-10H2,1-2H3,(H,17,19)(H2,16,18,20,22). The second kappa shape index (κ2) is 9.86. The lowest BCUT2D eigenvalue weighted by atomic mass is 10.1. The van der Waals surface area contributed by atoms with Crippen molar-refractivity contribution in [3.63, 3.8) is 0 Å². The van der Waals surface area contributed by atoms with E-state index in [1.165, 1.54) is 0 Å². The van der Waals surface area contributed by atoms with E-state index in [1.54, 1.807) is 0 Å². The summed E-state index contributed by atoms with van der Waals surface area (Å²) in [7, 11) is 0. The van der Waals surface area contributed by atoms with Gasteiger partial charge in [-0.1, -0.05) is 24.3 Å². The minimum Gasteiger partial charge on any atom is -0.381 e. The lowest BCUT2D eigenvalue weighted by Crippen LogP contribution is -2.49. The summed E-state index contributed by atoms with van der Waals surface area (Å²) in [6.45, 7) is 4.71. The average molecular weight is 323 g/mol. The summed E-state index contributed by atoms with van der Waals surface area (Å²) in [5.41, 5.74) is 6.86. The van der Waals surface area contributed by atoms with Gasteiger partial charge >= 0.3 is 0 Å². The molecule has 3 N–H and O–H groups in total. The number of carbonyl (C=O) groups is 2. The first-order chi connectivity index (χ1) is 10.5. The molecule has 120 valence electrons. The number of hydrogen-bond donors (Lipinski definition) is 3. The van der Waals surface area contributed by atoms with Gasteiger partial charge in [-0.05, 0) is 37.2 Å². The number of hydrazine groups is 1. The molecule has 0 aliphatic carbocycles. The average Bonchev–Trinajstić information content (AvgIpc) is 2.48. The number of aryl methyl sites for hydroxylation is 1. The Kier molecular flexibility index (Phi) is 8.09. The van der Waals surface area contributed by atoms with Gasteiger partial charge in [-0.2, -0.15) is 0 Å². The summed E-state index contributed by atoms with van der Waals surface area (Å²) in [4.78, 5) is 23.3.